The average molecular weight is 266 g/mol. The van der Waals surface area contributed by atoms with Crippen LogP contribution < -0.4 is 10.6 Å². The van der Waals surface area contributed by atoms with E-state index < -0.39 is 0 Å². The molecule has 0 atom stereocenters. The summed E-state index contributed by atoms with van der Waals surface area (Å²) in [7, 11) is 0. The zero-order chi connectivity index (χ0) is 13.0. The van der Waals surface area contributed by atoms with E-state index in [-0.39, 0.29) is 17.7 Å². The fourth-order valence-electron chi connectivity index (χ4n) is 1.63. The fraction of sp³-hybridized carbons (Fsp3) is 0.538. The lowest BCUT2D eigenvalue weighted by Gasteiger charge is -2.05. The van der Waals surface area contributed by atoms with Crippen LogP contribution in [0, 0.1) is 5.92 Å². The molecule has 5 heteroatoms. The Hall–Kier alpha value is -1.36. The van der Waals surface area contributed by atoms with Crippen LogP contribution >= 0.6 is 11.3 Å². The minimum atomic E-state index is -0.0552. The monoisotopic (exact) mass is 266 g/mol. The summed E-state index contributed by atoms with van der Waals surface area (Å²) in [6.45, 7) is 3.06. The van der Waals surface area contributed by atoms with Gasteiger partial charge in [0.15, 0.2) is 0 Å². The summed E-state index contributed by atoms with van der Waals surface area (Å²) in [5.41, 5.74) is 0. The first-order chi connectivity index (χ1) is 8.70. The number of amides is 2. The van der Waals surface area contributed by atoms with Gasteiger partial charge in [-0.2, -0.15) is 0 Å². The molecule has 1 aliphatic rings. The molecule has 1 saturated carbocycles. The summed E-state index contributed by atoms with van der Waals surface area (Å²) >= 11 is 1.52. The van der Waals surface area contributed by atoms with Gasteiger partial charge in [0.05, 0.1) is 4.88 Å². The first-order valence-electron chi connectivity index (χ1n) is 6.35. The Labute approximate surface area is 111 Å². The second-order valence-corrected chi connectivity index (χ2v) is 5.61. The van der Waals surface area contributed by atoms with Crippen molar-refractivity contribution in [1.29, 1.82) is 0 Å². The Morgan fingerprint density at radius 1 is 1.28 bits per heavy atom. The van der Waals surface area contributed by atoms with Gasteiger partial charge in [0.1, 0.15) is 0 Å². The van der Waals surface area contributed by atoms with Crippen molar-refractivity contribution in [2.75, 3.05) is 13.1 Å². The average Bonchev–Trinajstić information content (AvgIpc) is 3.12. The lowest BCUT2D eigenvalue weighted by Crippen LogP contribution is -2.35. The van der Waals surface area contributed by atoms with Crippen LogP contribution in [0.25, 0.3) is 0 Å². The first-order valence-corrected chi connectivity index (χ1v) is 7.17. The number of aryl methyl sites for hydroxylation is 1. The predicted molar refractivity (Wildman–Crippen MR) is 71.8 cm³/mol. The van der Waals surface area contributed by atoms with E-state index in [0.29, 0.717) is 13.1 Å². The molecule has 0 aromatic carbocycles. The molecule has 2 amide bonds. The summed E-state index contributed by atoms with van der Waals surface area (Å²) in [4.78, 5) is 25.0. The molecule has 1 heterocycles. The van der Waals surface area contributed by atoms with Gasteiger partial charge in [0, 0.05) is 23.9 Å². The van der Waals surface area contributed by atoms with E-state index in [9.17, 15) is 9.59 Å². The van der Waals surface area contributed by atoms with E-state index in [0.717, 1.165) is 24.1 Å². The summed E-state index contributed by atoms with van der Waals surface area (Å²) < 4.78 is 0. The number of carbonyl (C=O) groups excluding carboxylic acids is 2. The zero-order valence-corrected chi connectivity index (χ0v) is 11.3. The van der Waals surface area contributed by atoms with Crippen LogP contribution in [0.5, 0.6) is 0 Å². The molecule has 1 fully saturated rings. The van der Waals surface area contributed by atoms with Crippen molar-refractivity contribution in [2.24, 2.45) is 5.92 Å². The standard InChI is InChI=1S/C13H18N2O2S/c1-2-10-5-6-11(18-10)13(17)15-8-7-14-12(16)9-3-4-9/h5-6,9H,2-4,7-8H2,1H3,(H,14,16)(H,15,17). The van der Waals surface area contributed by atoms with Gasteiger partial charge in [0.2, 0.25) is 5.91 Å². The van der Waals surface area contributed by atoms with Crippen molar-refractivity contribution in [3.8, 4) is 0 Å². The molecule has 1 aromatic rings. The number of hydrogen-bond donors (Lipinski definition) is 2. The molecular formula is C13H18N2O2S. The quantitative estimate of drug-likeness (QED) is 0.768. The van der Waals surface area contributed by atoms with Crippen molar-refractivity contribution in [2.45, 2.75) is 26.2 Å². The van der Waals surface area contributed by atoms with E-state index in [4.69, 9.17) is 0 Å². The highest BCUT2D eigenvalue weighted by atomic mass is 32.1. The number of rotatable bonds is 6. The SMILES string of the molecule is CCc1ccc(C(=O)NCCNC(=O)C2CC2)s1. The predicted octanol–water partition coefficient (Wildman–Crippen LogP) is 1.57. The van der Waals surface area contributed by atoms with Crippen LogP contribution in [0.15, 0.2) is 12.1 Å². The van der Waals surface area contributed by atoms with Crippen molar-refractivity contribution in [3.63, 3.8) is 0 Å². The third kappa shape index (κ3) is 3.57. The van der Waals surface area contributed by atoms with E-state index in [1.807, 2.05) is 12.1 Å². The maximum absolute atomic E-state index is 11.8. The van der Waals surface area contributed by atoms with Crippen molar-refractivity contribution in [3.05, 3.63) is 21.9 Å². The van der Waals surface area contributed by atoms with Crippen molar-refractivity contribution >= 4 is 23.2 Å². The van der Waals surface area contributed by atoms with Crippen LogP contribution in [-0.4, -0.2) is 24.9 Å². The smallest absolute Gasteiger partial charge is 0.261 e. The Bertz CT molecular complexity index is 438. The van der Waals surface area contributed by atoms with Gasteiger partial charge < -0.3 is 10.6 Å². The minimum absolute atomic E-state index is 0.0552. The maximum atomic E-state index is 11.8. The van der Waals surface area contributed by atoms with Gasteiger partial charge in [-0.3, -0.25) is 9.59 Å². The third-order valence-corrected chi connectivity index (χ3v) is 4.12. The molecule has 0 unspecified atom stereocenters. The van der Waals surface area contributed by atoms with E-state index >= 15 is 0 Å². The lowest BCUT2D eigenvalue weighted by atomic mass is 10.3. The second kappa shape index (κ2) is 6.00. The van der Waals surface area contributed by atoms with Crippen LogP contribution in [0.2, 0.25) is 0 Å². The molecule has 98 valence electrons. The van der Waals surface area contributed by atoms with Gasteiger partial charge >= 0.3 is 0 Å². The Morgan fingerprint density at radius 2 is 2.00 bits per heavy atom. The Balaban J connectivity index is 1.66. The van der Waals surface area contributed by atoms with Gasteiger partial charge in [-0.1, -0.05) is 6.92 Å². The molecule has 1 aromatic heterocycles. The first kappa shape index (κ1) is 13.1. The highest BCUT2D eigenvalue weighted by molar-refractivity contribution is 7.14. The van der Waals surface area contributed by atoms with E-state index in [2.05, 4.69) is 17.6 Å². The van der Waals surface area contributed by atoms with Gasteiger partial charge in [-0.25, -0.2) is 0 Å². The molecule has 0 spiro atoms. The highest BCUT2D eigenvalue weighted by Crippen LogP contribution is 2.28. The molecule has 0 aliphatic heterocycles. The van der Waals surface area contributed by atoms with Gasteiger partial charge in [0.25, 0.3) is 5.91 Å². The van der Waals surface area contributed by atoms with E-state index in [1.54, 1.807) is 0 Å². The molecule has 2 rings (SSSR count). The largest absolute Gasteiger partial charge is 0.354 e. The fourth-order valence-corrected chi connectivity index (χ4v) is 2.49. The minimum Gasteiger partial charge on any atom is -0.354 e. The normalized spacial score (nSPS) is 14.3. The summed E-state index contributed by atoms with van der Waals surface area (Å²) in [5, 5.41) is 5.63. The summed E-state index contributed by atoms with van der Waals surface area (Å²) in [5.74, 6) is 0.291. The summed E-state index contributed by atoms with van der Waals surface area (Å²) in [6.07, 6.45) is 2.97. The van der Waals surface area contributed by atoms with Gasteiger partial charge in [-0.05, 0) is 31.4 Å². The number of nitrogens with one attached hydrogen (secondary N) is 2. The molecule has 0 saturated heterocycles. The third-order valence-electron chi connectivity index (χ3n) is 2.89. The van der Waals surface area contributed by atoms with Crippen LogP contribution in [0.3, 0.4) is 0 Å². The van der Waals surface area contributed by atoms with Crippen molar-refractivity contribution < 1.29 is 9.59 Å². The molecule has 18 heavy (non-hydrogen) atoms. The van der Waals surface area contributed by atoms with Gasteiger partial charge in [-0.15, -0.1) is 11.3 Å². The van der Waals surface area contributed by atoms with Crippen LogP contribution in [0.4, 0.5) is 0 Å². The van der Waals surface area contributed by atoms with Crippen molar-refractivity contribution in [1.82, 2.24) is 10.6 Å². The second-order valence-electron chi connectivity index (χ2n) is 4.44. The molecule has 1 aliphatic carbocycles. The molecule has 0 radical (unpaired) electrons. The molecule has 2 N–H and O–H groups in total. The molecule has 4 nitrogen and oxygen atoms in total. The topological polar surface area (TPSA) is 58.2 Å². The number of hydrogen-bond acceptors (Lipinski definition) is 3. The maximum Gasteiger partial charge on any atom is 0.261 e. The lowest BCUT2D eigenvalue weighted by molar-refractivity contribution is -0.122. The van der Waals surface area contributed by atoms with Crippen LogP contribution in [0.1, 0.15) is 34.3 Å². The molecule has 0 bridgehead atoms. The van der Waals surface area contributed by atoms with Crippen LogP contribution in [-0.2, 0) is 11.2 Å². The van der Waals surface area contributed by atoms with E-state index in [1.165, 1.54) is 16.2 Å². The molecular weight excluding hydrogens is 248 g/mol. The zero-order valence-electron chi connectivity index (χ0n) is 10.5. The Morgan fingerprint density at radius 3 is 2.61 bits per heavy atom. The number of thiophene rings is 1. The number of carbonyl (C=O) groups is 2. The Kier molecular flexibility index (Phi) is 4.36. The highest BCUT2D eigenvalue weighted by Gasteiger charge is 2.28. The summed E-state index contributed by atoms with van der Waals surface area (Å²) in [6, 6.07) is 3.83.